The molecule has 116 valence electrons. The van der Waals surface area contributed by atoms with Gasteiger partial charge >= 0.3 is 0 Å². The number of benzene rings is 1. The van der Waals surface area contributed by atoms with E-state index in [0.29, 0.717) is 31.8 Å². The van der Waals surface area contributed by atoms with Crippen LogP contribution in [0.4, 0.5) is 8.78 Å². The fourth-order valence-corrected chi connectivity index (χ4v) is 2.71. The number of primary sulfonamides is 1. The zero-order valence-corrected chi connectivity index (χ0v) is 12.0. The van der Waals surface area contributed by atoms with E-state index in [0.717, 1.165) is 0 Å². The molecule has 21 heavy (non-hydrogen) atoms. The minimum Gasteiger partial charge on any atom is -0.379 e. The van der Waals surface area contributed by atoms with Gasteiger partial charge in [0.2, 0.25) is 10.0 Å². The quantitative estimate of drug-likeness (QED) is 0.877. The lowest BCUT2D eigenvalue weighted by atomic mass is 10.1. The normalized spacial score (nSPS) is 18.8. The van der Waals surface area contributed by atoms with Gasteiger partial charge in [-0.1, -0.05) is 0 Å². The van der Waals surface area contributed by atoms with Crippen molar-refractivity contribution in [3.8, 4) is 0 Å². The largest absolute Gasteiger partial charge is 0.379 e. The third-order valence-corrected chi connectivity index (χ3v) is 4.26. The molecule has 1 fully saturated rings. The Kier molecular flexibility index (Phi) is 4.26. The molecule has 0 aliphatic carbocycles. The van der Waals surface area contributed by atoms with Crippen LogP contribution >= 0.6 is 0 Å². The average molecular weight is 320 g/mol. The summed E-state index contributed by atoms with van der Waals surface area (Å²) < 4.78 is 54.8. The molecule has 0 radical (unpaired) electrons. The Labute approximate surface area is 120 Å². The summed E-state index contributed by atoms with van der Waals surface area (Å²) in [5.41, 5.74) is -0.546. The Balaban J connectivity index is 2.41. The van der Waals surface area contributed by atoms with Crippen LogP contribution in [0.2, 0.25) is 0 Å². The molecule has 6 nitrogen and oxygen atoms in total. The van der Waals surface area contributed by atoms with Gasteiger partial charge in [-0.25, -0.2) is 22.3 Å². The van der Waals surface area contributed by atoms with Gasteiger partial charge in [-0.15, -0.1) is 0 Å². The number of ether oxygens (including phenoxy) is 1. The Morgan fingerprint density at radius 3 is 2.57 bits per heavy atom. The smallest absolute Gasteiger partial charge is 0.256 e. The molecule has 0 bridgehead atoms. The number of carbonyl (C=O) groups is 1. The monoisotopic (exact) mass is 320 g/mol. The van der Waals surface area contributed by atoms with Crippen molar-refractivity contribution in [2.45, 2.75) is 17.4 Å². The first-order chi connectivity index (χ1) is 9.71. The maximum Gasteiger partial charge on any atom is 0.256 e. The van der Waals surface area contributed by atoms with Crippen molar-refractivity contribution >= 4 is 15.9 Å². The number of likely N-dealkylation sites (N-methyl/N-ethyl adjacent to an activating group) is 1. The van der Waals surface area contributed by atoms with Gasteiger partial charge in [-0.2, -0.15) is 0 Å². The number of nitrogens with zero attached hydrogens (tertiary/aromatic N) is 1. The first-order valence-corrected chi connectivity index (χ1v) is 7.63. The molecule has 1 unspecified atom stereocenters. The van der Waals surface area contributed by atoms with Crippen LogP contribution in [0.25, 0.3) is 0 Å². The van der Waals surface area contributed by atoms with Crippen molar-refractivity contribution < 1.29 is 26.7 Å². The average Bonchev–Trinajstić information content (AvgIpc) is 2.89. The third-order valence-electron chi connectivity index (χ3n) is 3.33. The van der Waals surface area contributed by atoms with Crippen LogP contribution in [-0.4, -0.2) is 45.5 Å². The molecule has 1 aliphatic rings. The molecule has 1 saturated heterocycles. The molecule has 1 aromatic rings. The van der Waals surface area contributed by atoms with Crippen LogP contribution in [-0.2, 0) is 14.8 Å². The zero-order chi connectivity index (χ0) is 15.8. The van der Waals surface area contributed by atoms with Gasteiger partial charge in [0.1, 0.15) is 16.5 Å². The molecular formula is C12H14F2N2O4S. The highest BCUT2D eigenvalue weighted by Crippen LogP contribution is 2.21. The lowest BCUT2D eigenvalue weighted by Crippen LogP contribution is -2.38. The number of carbonyl (C=O) groups excluding carboxylic acids is 1. The molecule has 1 amide bonds. The van der Waals surface area contributed by atoms with E-state index in [-0.39, 0.29) is 6.04 Å². The van der Waals surface area contributed by atoms with E-state index in [9.17, 15) is 22.0 Å². The topological polar surface area (TPSA) is 89.7 Å². The fourth-order valence-electron chi connectivity index (χ4n) is 2.09. The highest BCUT2D eigenvalue weighted by Gasteiger charge is 2.28. The van der Waals surface area contributed by atoms with Gasteiger partial charge < -0.3 is 9.64 Å². The second-order valence-electron chi connectivity index (χ2n) is 4.74. The van der Waals surface area contributed by atoms with Crippen molar-refractivity contribution in [2.24, 2.45) is 5.14 Å². The molecule has 0 aromatic heterocycles. The number of halogens is 2. The van der Waals surface area contributed by atoms with Gasteiger partial charge in [0.25, 0.3) is 5.91 Å². The molecule has 0 spiro atoms. The van der Waals surface area contributed by atoms with E-state index in [4.69, 9.17) is 9.88 Å². The van der Waals surface area contributed by atoms with E-state index in [1.54, 1.807) is 0 Å². The minimum atomic E-state index is -4.39. The number of hydrogen-bond acceptors (Lipinski definition) is 4. The molecule has 1 aliphatic heterocycles. The van der Waals surface area contributed by atoms with Crippen molar-refractivity contribution in [1.82, 2.24) is 4.90 Å². The van der Waals surface area contributed by atoms with Crippen molar-refractivity contribution in [1.29, 1.82) is 0 Å². The van der Waals surface area contributed by atoms with Crippen molar-refractivity contribution in [3.05, 3.63) is 29.3 Å². The van der Waals surface area contributed by atoms with E-state index in [1.165, 1.54) is 11.9 Å². The molecule has 0 saturated carbocycles. The predicted octanol–water partition coefficient (Wildman–Crippen LogP) is 0.473. The summed E-state index contributed by atoms with van der Waals surface area (Å²) in [6.45, 7) is 0.795. The summed E-state index contributed by atoms with van der Waals surface area (Å²) in [6, 6.07) is 0.723. The standard InChI is InChI=1S/C12H14F2N2O4S/c1-16(7-2-3-20-6-7)12(17)8-4-11(21(15,18)19)10(14)5-9(8)13/h4-5,7H,2-3,6H2,1H3,(H2,15,18,19). The lowest BCUT2D eigenvalue weighted by Gasteiger charge is -2.23. The summed E-state index contributed by atoms with van der Waals surface area (Å²) in [4.78, 5) is 12.5. The van der Waals surface area contributed by atoms with Gasteiger partial charge in [0, 0.05) is 19.7 Å². The molecule has 1 heterocycles. The summed E-state index contributed by atoms with van der Waals surface area (Å²) >= 11 is 0. The van der Waals surface area contributed by atoms with E-state index in [2.05, 4.69) is 0 Å². The summed E-state index contributed by atoms with van der Waals surface area (Å²) in [5.74, 6) is -3.23. The number of rotatable bonds is 3. The fraction of sp³-hybridized carbons (Fsp3) is 0.417. The molecule has 9 heteroatoms. The Morgan fingerprint density at radius 2 is 2.05 bits per heavy atom. The maximum atomic E-state index is 13.8. The summed E-state index contributed by atoms with van der Waals surface area (Å²) in [6.07, 6.45) is 0.590. The second kappa shape index (κ2) is 5.66. The van der Waals surface area contributed by atoms with Crippen molar-refractivity contribution in [3.63, 3.8) is 0 Å². The summed E-state index contributed by atoms with van der Waals surface area (Å²) in [7, 11) is -2.94. The highest BCUT2D eigenvalue weighted by atomic mass is 32.2. The second-order valence-corrected chi connectivity index (χ2v) is 6.27. The summed E-state index contributed by atoms with van der Waals surface area (Å²) in [5, 5.41) is 4.84. The van der Waals surface area contributed by atoms with Crippen LogP contribution in [0, 0.1) is 11.6 Å². The van der Waals surface area contributed by atoms with Gasteiger partial charge in [-0.05, 0) is 12.5 Å². The van der Waals surface area contributed by atoms with Gasteiger partial charge in [-0.3, -0.25) is 4.79 Å². The Bertz CT molecular complexity index is 672. The van der Waals surface area contributed by atoms with E-state index >= 15 is 0 Å². The number of nitrogens with two attached hydrogens (primary N) is 1. The van der Waals surface area contributed by atoms with E-state index < -0.39 is 38.0 Å². The first kappa shape index (κ1) is 15.8. The van der Waals surface area contributed by atoms with Crippen LogP contribution in [0.3, 0.4) is 0 Å². The van der Waals surface area contributed by atoms with Gasteiger partial charge in [0.15, 0.2) is 0 Å². The van der Waals surface area contributed by atoms with Crippen LogP contribution in [0.15, 0.2) is 17.0 Å². The van der Waals surface area contributed by atoms with E-state index in [1.807, 2.05) is 0 Å². The number of amides is 1. The molecule has 1 aromatic carbocycles. The molecular weight excluding hydrogens is 306 g/mol. The van der Waals surface area contributed by atoms with Crippen LogP contribution in [0.1, 0.15) is 16.8 Å². The molecule has 1 atom stereocenters. The van der Waals surface area contributed by atoms with Crippen LogP contribution in [0.5, 0.6) is 0 Å². The third kappa shape index (κ3) is 3.20. The first-order valence-electron chi connectivity index (χ1n) is 6.08. The maximum absolute atomic E-state index is 13.8. The zero-order valence-electron chi connectivity index (χ0n) is 11.2. The lowest BCUT2D eigenvalue weighted by molar-refractivity contribution is 0.0706. The Morgan fingerprint density at radius 1 is 1.38 bits per heavy atom. The predicted molar refractivity (Wildman–Crippen MR) is 69.0 cm³/mol. The Hall–Kier alpha value is -1.58. The number of sulfonamides is 1. The SMILES string of the molecule is CN(C(=O)c1cc(S(N)(=O)=O)c(F)cc1F)C1CCOC1. The number of hydrogen-bond donors (Lipinski definition) is 1. The highest BCUT2D eigenvalue weighted by molar-refractivity contribution is 7.89. The van der Waals surface area contributed by atoms with Gasteiger partial charge in [0.05, 0.1) is 18.2 Å². The molecule has 2 rings (SSSR count). The van der Waals surface area contributed by atoms with Crippen LogP contribution < -0.4 is 5.14 Å². The minimum absolute atomic E-state index is 0.236. The van der Waals surface area contributed by atoms with Crippen molar-refractivity contribution in [2.75, 3.05) is 20.3 Å². The molecule has 2 N–H and O–H groups in total.